The van der Waals surface area contributed by atoms with Crippen LogP contribution in [0.1, 0.15) is 0 Å². The molecule has 3 heteroatoms. The highest BCUT2D eigenvalue weighted by Crippen LogP contribution is 2.28. The third kappa shape index (κ3) is 3.56. The standard InChI is InChI=1S/C22H17NO2/c24-20-10-6-16-7-11-22(15-17(16)14-20)25-21-12-8-19(9-13-21)23-18-4-2-1-3-5-18/h1-15,23-24H. The van der Waals surface area contributed by atoms with Crippen LogP contribution in [0.4, 0.5) is 11.4 Å². The summed E-state index contributed by atoms with van der Waals surface area (Å²) in [5.74, 6) is 1.75. The van der Waals surface area contributed by atoms with E-state index >= 15 is 0 Å². The number of anilines is 2. The van der Waals surface area contributed by atoms with Gasteiger partial charge in [0.15, 0.2) is 0 Å². The highest BCUT2D eigenvalue weighted by atomic mass is 16.5. The number of benzene rings is 4. The van der Waals surface area contributed by atoms with Crippen LogP contribution in [0.25, 0.3) is 10.8 Å². The highest BCUT2D eigenvalue weighted by molar-refractivity contribution is 5.85. The molecule has 0 unspecified atom stereocenters. The second-order valence-electron chi connectivity index (χ2n) is 5.81. The minimum absolute atomic E-state index is 0.251. The van der Waals surface area contributed by atoms with Gasteiger partial charge in [-0.25, -0.2) is 0 Å². The largest absolute Gasteiger partial charge is 0.508 e. The maximum absolute atomic E-state index is 9.61. The van der Waals surface area contributed by atoms with Crippen molar-refractivity contribution in [2.24, 2.45) is 0 Å². The van der Waals surface area contributed by atoms with Gasteiger partial charge in [0.05, 0.1) is 0 Å². The lowest BCUT2D eigenvalue weighted by molar-refractivity contribution is 0.476. The molecule has 0 heterocycles. The minimum atomic E-state index is 0.251. The van der Waals surface area contributed by atoms with Crippen molar-refractivity contribution in [2.45, 2.75) is 0 Å². The Kier molecular flexibility index (Phi) is 3.97. The Morgan fingerprint density at radius 3 is 2.08 bits per heavy atom. The molecule has 0 atom stereocenters. The van der Waals surface area contributed by atoms with Crippen molar-refractivity contribution in [3.8, 4) is 17.2 Å². The van der Waals surface area contributed by atoms with Crippen LogP contribution in [0.5, 0.6) is 17.2 Å². The Bertz CT molecular complexity index is 995. The number of aromatic hydroxyl groups is 1. The van der Waals surface area contributed by atoms with E-state index in [1.807, 2.05) is 78.9 Å². The number of ether oxygens (including phenoxy) is 1. The fourth-order valence-corrected chi connectivity index (χ4v) is 2.71. The van der Waals surface area contributed by atoms with Crippen LogP contribution in [0, 0.1) is 0 Å². The van der Waals surface area contributed by atoms with Crippen molar-refractivity contribution in [3.63, 3.8) is 0 Å². The van der Waals surface area contributed by atoms with Crippen LogP contribution in [0.15, 0.2) is 91.0 Å². The Labute approximate surface area is 146 Å². The van der Waals surface area contributed by atoms with Crippen LogP contribution in [0.3, 0.4) is 0 Å². The van der Waals surface area contributed by atoms with E-state index in [9.17, 15) is 5.11 Å². The number of fused-ring (bicyclic) bond motifs is 1. The summed E-state index contributed by atoms with van der Waals surface area (Å²) in [7, 11) is 0. The Morgan fingerprint density at radius 1 is 0.600 bits per heavy atom. The van der Waals surface area contributed by atoms with Crippen molar-refractivity contribution in [1.29, 1.82) is 0 Å². The molecule has 4 aromatic carbocycles. The zero-order valence-electron chi connectivity index (χ0n) is 13.5. The predicted molar refractivity (Wildman–Crippen MR) is 102 cm³/mol. The molecule has 0 bridgehead atoms. The highest BCUT2D eigenvalue weighted by Gasteiger charge is 2.02. The summed E-state index contributed by atoms with van der Waals surface area (Å²) in [6, 6.07) is 29.0. The van der Waals surface area contributed by atoms with Crippen LogP contribution in [-0.4, -0.2) is 5.11 Å². The summed E-state index contributed by atoms with van der Waals surface area (Å²) in [5, 5.41) is 15.0. The van der Waals surface area contributed by atoms with Crippen LogP contribution in [0.2, 0.25) is 0 Å². The lowest BCUT2D eigenvalue weighted by atomic mass is 10.1. The second-order valence-corrected chi connectivity index (χ2v) is 5.81. The third-order valence-electron chi connectivity index (χ3n) is 3.95. The van der Waals surface area contributed by atoms with Gasteiger partial charge >= 0.3 is 0 Å². The SMILES string of the molecule is Oc1ccc2ccc(Oc3ccc(Nc4ccccc4)cc3)cc2c1. The zero-order valence-corrected chi connectivity index (χ0v) is 13.5. The minimum Gasteiger partial charge on any atom is -0.508 e. The molecule has 0 saturated carbocycles. The third-order valence-corrected chi connectivity index (χ3v) is 3.95. The predicted octanol–water partition coefficient (Wildman–Crippen LogP) is 6.08. The smallest absolute Gasteiger partial charge is 0.128 e. The maximum Gasteiger partial charge on any atom is 0.128 e. The number of rotatable bonds is 4. The molecule has 0 aliphatic heterocycles. The van der Waals surface area contributed by atoms with Gasteiger partial charge in [-0.1, -0.05) is 30.3 Å². The van der Waals surface area contributed by atoms with Gasteiger partial charge in [0, 0.05) is 11.4 Å². The first-order chi connectivity index (χ1) is 12.3. The van der Waals surface area contributed by atoms with Gasteiger partial charge in [-0.3, -0.25) is 0 Å². The van der Waals surface area contributed by atoms with E-state index < -0.39 is 0 Å². The first-order valence-corrected chi connectivity index (χ1v) is 8.09. The van der Waals surface area contributed by atoms with Gasteiger partial charge in [-0.15, -0.1) is 0 Å². The number of para-hydroxylation sites is 1. The normalized spacial score (nSPS) is 10.6. The summed E-state index contributed by atoms with van der Waals surface area (Å²) in [5.41, 5.74) is 2.05. The van der Waals surface area contributed by atoms with Gasteiger partial charge in [0.1, 0.15) is 17.2 Å². The van der Waals surface area contributed by atoms with E-state index in [1.54, 1.807) is 12.1 Å². The number of hydrogen-bond acceptors (Lipinski definition) is 3. The first kappa shape index (κ1) is 15.1. The van der Waals surface area contributed by atoms with E-state index in [0.717, 1.165) is 33.6 Å². The van der Waals surface area contributed by atoms with Crippen molar-refractivity contribution in [3.05, 3.63) is 91.0 Å². The number of phenolic OH excluding ortho intramolecular Hbond substituents is 1. The van der Waals surface area contributed by atoms with E-state index in [0.29, 0.717) is 0 Å². The average molecular weight is 327 g/mol. The van der Waals surface area contributed by atoms with Crippen LogP contribution in [-0.2, 0) is 0 Å². The summed E-state index contributed by atoms with van der Waals surface area (Å²) in [6.07, 6.45) is 0. The molecule has 0 aliphatic rings. The van der Waals surface area contributed by atoms with Gasteiger partial charge in [0.25, 0.3) is 0 Å². The molecule has 0 radical (unpaired) electrons. The molecule has 4 aromatic rings. The molecule has 3 nitrogen and oxygen atoms in total. The molecule has 0 spiro atoms. The summed E-state index contributed by atoms with van der Waals surface area (Å²) >= 11 is 0. The number of nitrogens with one attached hydrogen (secondary N) is 1. The van der Waals surface area contributed by atoms with E-state index in [2.05, 4.69) is 5.32 Å². The first-order valence-electron chi connectivity index (χ1n) is 8.09. The molecule has 0 fully saturated rings. The molecular formula is C22H17NO2. The fraction of sp³-hybridized carbons (Fsp3) is 0. The molecule has 0 saturated heterocycles. The van der Waals surface area contributed by atoms with Crippen LogP contribution < -0.4 is 10.1 Å². The van der Waals surface area contributed by atoms with Crippen molar-refractivity contribution in [2.75, 3.05) is 5.32 Å². The Hall–Kier alpha value is -3.46. The van der Waals surface area contributed by atoms with Crippen molar-refractivity contribution < 1.29 is 9.84 Å². The molecule has 2 N–H and O–H groups in total. The Balaban J connectivity index is 1.51. The molecule has 122 valence electrons. The van der Waals surface area contributed by atoms with Gasteiger partial charge in [0.2, 0.25) is 0 Å². The van der Waals surface area contributed by atoms with E-state index in [1.165, 1.54) is 0 Å². The zero-order chi connectivity index (χ0) is 17.1. The summed E-state index contributed by atoms with van der Waals surface area (Å²) in [6.45, 7) is 0. The average Bonchev–Trinajstić information content (AvgIpc) is 2.64. The monoisotopic (exact) mass is 327 g/mol. The lowest BCUT2D eigenvalue weighted by Gasteiger charge is -2.09. The van der Waals surface area contributed by atoms with Crippen molar-refractivity contribution >= 4 is 22.1 Å². The van der Waals surface area contributed by atoms with E-state index in [-0.39, 0.29) is 5.75 Å². The number of hydrogen-bond donors (Lipinski definition) is 2. The molecule has 4 rings (SSSR count). The lowest BCUT2D eigenvalue weighted by Crippen LogP contribution is -1.90. The fourth-order valence-electron chi connectivity index (χ4n) is 2.71. The quantitative estimate of drug-likeness (QED) is 0.477. The van der Waals surface area contributed by atoms with Crippen molar-refractivity contribution in [1.82, 2.24) is 0 Å². The Morgan fingerprint density at radius 2 is 1.28 bits per heavy atom. The van der Waals surface area contributed by atoms with Crippen LogP contribution >= 0.6 is 0 Å². The molecule has 25 heavy (non-hydrogen) atoms. The topological polar surface area (TPSA) is 41.5 Å². The maximum atomic E-state index is 9.61. The summed E-state index contributed by atoms with van der Waals surface area (Å²) < 4.78 is 5.92. The molecule has 0 amide bonds. The molecule has 0 aliphatic carbocycles. The van der Waals surface area contributed by atoms with Gasteiger partial charge in [-0.2, -0.15) is 0 Å². The molecular weight excluding hydrogens is 310 g/mol. The second kappa shape index (κ2) is 6.57. The number of phenols is 1. The summed E-state index contributed by atoms with van der Waals surface area (Å²) in [4.78, 5) is 0. The van der Waals surface area contributed by atoms with Gasteiger partial charge in [-0.05, 0) is 71.4 Å². The van der Waals surface area contributed by atoms with E-state index in [4.69, 9.17) is 4.74 Å². The van der Waals surface area contributed by atoms with Gasteiger partial charge < -0.3 is 15.2 Å². The molecule has 0 aromatic heterocycles.